The lowest BCUT2D eigenvalue weighted by atomic mass is 10.0. The van der Waals surface area contributed by atoms with Crippen molar-refractivity contribution in [2.75, 3.05) is 0 Å². The second kappa shape index (κ2) is 5.17. The van der Waals surface area contributed by atoms with Gasteiger partial charge in [0.05, 0.1) is 5.69 Å². The minimum Gasteiger partial charge on any atom is -0.383 e. The van der Waals surface area contributed by atoms with E-state index >= 15 is 0 Å². The monoisotopic (exact) mass is 260 g/mol. The Morgan fingerprint density at radius 3 is 2.35 bits per heavy atom. The zero-order chi connectivity index (χ0) is 13.9. The maximum atomic E-state index is 6.18. The van der Waals surface area contributed by atoms with Crippen molar-refractivity contribution in [2.24, 2.45) is 10.7 Å². The SMILES string of the molecule is Cc1ccc(N=C(N)c2cccc3ccccc23)cc1. The van der Waals surface area contributed by atoms with E-state index < -0.39 is 0 Å². The third kappa shape index (κ3) is 2.41. The summed E-state index contributed by atoms with van der Waals surface area (Å²) in [6.07, 6.45) is 0. The number of benzene rings is 3. The smallest absolute Gasteiger partial charge is 0.131 e. The molecule has 0 aliphatic carbocycles. The van der Waals surface area contributed by atoms with Crippen LogP contribution in [0.3, 0.4) is 0 Å². The van der Waals surface area contributed by atoms with E-state index in [1.54, 1.807) is 0 Å². The number of nitrogens with two attached hydrogens (primary N) is 1. The van der Waals surface area contributed by atoms with Crippen molar-refractivity contribution >= 4 is 22.3 Å². The van der Waals surface area contributed by atoms with E-state index in [4.69, 9.17) is 5.73 Å². The maximum absolute atomic E-state index is 6.18. The van der Waals surface area contributed by atoms with Crippen molar-refractivity contribution in [3.05, 3.63) is 77.9 Å². The molecule has 0 aliphatic rings. The summed E-state index contributed by atoms with van der Waals surface area (Å²) >= 11 is 0. The lowest BCUT2D eigenvalue weighted by molar-refractivity contribution is 1.41. The van der Waals surface area contributed by atoms with Gasteiger partial charge in [0.2, 0.25) is 0 Å². The molecule has 0 heterocycles. The molecule has 3 aromatic rings. The van der Waals surface area contributed by atoms with Crippen LogP contribution < -0.4 is 5.73 Å². The molecule has 2 nitrogen and oxygen atoms in total. The summed E-state index contributed by atoms with van der Waals surface area (Å²) in [5, 5.41) is 2.30. The molecule has 0 amide bonds. The van der Waals surface area contributed by atoms with Crippen LogP contribution in [0.4, 0.5) is 5.69 Å². The van der Waals surface area contributed by atoms with Crippen molar-refractivity contribution < 1.29 is 0 Å². The molecule has 0 radical (unpaired) electrons. The fraction of sp³-hybridized carbons (Fsp3) is 0.0556. The Bertz CT molecular complexity index is 766. The molecule has 0 fully saturated rings. The molecule has 2 heteroatoms. The summed E-state index contributed by atoms with van der Waals surface area (Å²) in [6.45, 7) is 2.06. The zero-order valence-electron chi connectivity index (χ0n) is 11.4. The third-order valence-electron chi connectivity index (χ3n) is 3.35. The second-order valence-electron chi connectivity index (χ2n) is 4.86. The lowest BCUT2D eigenvalue weighted by Gasteiger charge is -2.06. The van der Waals surface area contributed by atoms with Crippen LogP contribution in [0.15, 0.2) is 71.7 Å². The van der Waals surface area contributed by atoms with Crippen LogP contribution in [0.5, 0.6) is 0 Å². The predicted molar refractivity (Wildman–Crippen MR) is 85.5 cm³/mol. The van der Waals surface area contributed by atoms with Gasteiger partial charge in [0.25, 0.3) is 0 Å². The van der Waals surface area contributed by atoms with E-state index in [9.17, 15) is 0 Å². The molecule has 98 valence electrons. The third-order valence-corrected chi connectivity index (χ3v) is 3.35. The van der Waals surface area contributed by atoms with Gasteiger partial charge in [0.15, 0.2) is 0 Å². The lowest BCUT2D eigenvalue weighted by Crippen LogP contribution is -2.13. The van der Waals surface area contributed by atoms with Crippen LogP contribution in [0, 0.1) is 6.92 Å². The fourth-order valence-electron chi connectivity index (χ4n) is 2.27. The number of rotatable bonds is 2. The van der Waals surface area contributed by atoms with Crippen LogP contribution >= 0.6 is 0 Å². The number of amidine groups is 1. The molecule has 0 atom stereocenters. The highest BCUT2D eigenvalue weighted by Crippen LogP contribution is 2.20. The van der Waals surface area contributed by atoms with Crippen LogP contribution in [-0.2, 0) is 0 Å². The first-order valence-corrected chi connectivity index (χ1v) is 6.63. The van der Waals surface area contributed by atoms with Crippen molar-refractivity contribution in [1.29, 1.82) is 0 Å². The summed E-state index contributed by atoms with van der Waals surface area (Å²) in [5.74, 6) is 0.547. The molecule has 0 spiro atoms. The standard InChI is InChI=1S/C18H16N2/c1-13-9-11-15(12-10-13)20-18(19)17-8-4-6-14-5-2-3-7-16(14)17/h2-12H,1H3,(H2,19,20). The van der Waals surface area contributed by atoms with Gasteiger partial charge in [0.1, 0.15) is 5.84 Å². The summed E-state index contributed by atoms with van der Waals surface area (Å²) in [4.78, 5) is 4.51. The number of aliphatic imine (C=N–C) groups is 1. The number of hydrogen-bond acceptors (Lipinski definition) is 1. The maximum Gasteiger partial charge on any atom is 0.131 e. The summed E-state index contributed by atoms with van der Waals surface area (Å²) in [5.41, 5.74) is 9.25. The van der Waals surface area contributed by atoms with Gasteiger partial charge >= 0.3 is 0 Å². The molecule has 2 N–H and O–H groups in total. The van der Waals surface area contributed by atoms with E-state index in [-0.39, 0.29) is 0 Å². The van der Waals surface area contributed by atoms with Crippen LogP contribution in [0.1, 0.15) is 11.1 Å². The number of nitrogens with zero attached hydrogens (tertiary/aromatic N) is 1. The Morgan fingerprint density at radius 2 is 1.55 bits per heavy atom. The van der Waals surface area contributed by atoms with Gasteiger partial charge in [-0.05, 0) is 29.8 Å². The first-order valence-electron chi connectivity index (χ1n) is 6.63. The average molecular weight is 260 g/mol. The zero-order valence-corrected chi connectivity index (χ0v) is 11.4. The normalized spacial score (nSPS) is 11.8. The van der Waals surface area contributed by atoms with Gasteiger partial charge in [-0.3, -0.25) is 0 Å². The Labute approximate surface area is 118 Å². The molecule has 0 saturated heterocycles. The van der Waals surface area contributed by atoms with E-state index in [1.165, 1.54) is 10.9 Å². The van der Waals surface area contributed by atoms with Gasteiger partial charge < -0.3 is 5.73 Å². The highest BCUT2D eigenvalue weighted by Gasteiger charge is 2.04. The fourth-order valence-corrected chi connectivity index (χ4v) is 2.27. The number of aryl methyl sites for hydroxylation is 1. The first kappa shape index (κ1) is 12.4. The number of fused-ring (bicyclic) bond motifs is 1. The van der Waals surface area contributed by atoms with Gasteiger partial charge in [0, 0.05) is 5.56 Å². The molecular formula is C18H16N2. The molecule has 0 saturated carbocycles. The minimum absolute atomic E-state index is 0.547. The summed E-state index contributed by atoms with van der Waals surface area (Å²) < 4.78 is 0. The summed E-state index contributed by atoms with van der Waals surface area (Å²) in [6, 6.07) is 22.3. The first-order chi connectivity index (χ1) is 9.74. The van der Waals surface area contributed by atoms with Crippen molar-refractivity contribution in [3.63, 3.8) is 0 Å². The summed E-state index contributed by atoms with van der Waals surface area (Å²) in [7, 11) is 0. The Hall–Kier alpha value is -2.61. The van der Waals surface area contributed by atoms with Gasteiger partial charge in [-0.15, -0.1) is 0 Å². The predicted octanol–water partition coefficient (Wildman–Crippen LogP) is 4.19. The highest BCUT2D eigenvalue weighted by molar-refractivity contribution is 6.09. The minimum atomic E-state index is 0.547. The second-order valence-corrected chi connectivity index (χ2v) is 4.86. The average Bonchev–Trinajstić information content (AvgIpc) is 2.49. The van der Waals surface area contributed by atoms with Gasteiger partial charge in [-0.1, -0.05) is 60.2 Å². The highest BCUT2D eigenvalue weighted by atomic mass is 14.9. The Balaban J connectivity index is 2.08. The van der Waals surface area contributed by atoms with Crippen molar-refractivity contribution in [3.8, 4) is 0 Å². The largest absolute Gasteiger partial charge is 0.383 e. The van der Waals surface area contributed by atoms with E-state index in [0.717, 1.165) is 16.6 Å². The number of hydrogen-bond donors (Lipinski definition) is 1. The molecule has 0 aromatic heterocycles. The van der Waals surface area contributed by atoms with E-state index in [0.29, 0.717) is 5.84 Å². The van der Waals surface area contributed by atoms with Crippen LogP contribution in [-0.4, -0.2) is 5.84 Å². The molecule has 0 bridgehead atoms. The van der Waals surface area contributed by atoms with Crippen LogP contribution in [0.2, 0.25) is 0 Å². The molecule has 3 aromatic carbocycles. The molecule has 3 rings (SSSR count). The Kier molecular flexibility index (Phi) is 3.21. The molecular weight excluding hydrogens is 244 g/mol. The van der Waals surface area contributed by atoms with Gasteiger partial charge in [-0.25, -0.2) is 4.99 Å². The quantitative estimate of drug-likeness (QED) is 0.544. The van der Waals surface area contributed by atoms with Crippen LogP contribution in [0.25, 0.3) is 10.8 Å². The van der Waals surface area contributed by atoms with Crippen molar-refractivity contribution in [2.45, 2.75) is 6.92 Å². The van der Waals surface area contributed by atoms with E-state index in [1.807, 2.05) is 48.5 Å². The van der Waals surface area contributed by atoms with E-state index in [2.05, 4.69) is 30.1 Å². The molecule has 0 unspecified atom stereocenters. The Morgan fingerprint density at radius 1 is 0.850 bits per heavy atom. The van der Waals surface area contributed by atoms with Crippen molar-refractivity contribution in [1.82, 2.24) is 0 Å². The molecule has 20 heavy (non-hydrogen) atoms. The molecule has 0 aliphatic heterocycles. The van der Waals surface area contributed by atoms with Gasteiger partial charge in [-0.2, -0.15) is 0 Å². The topological polar surface area (TPSA) is 38.4 Å².